The molecule has 4 heteroatoms. The molecule has 1 aromatic rings. The second kappa shape index (κ2) is 6.03. The third-order valence-corrected chi connectivity index (χ3v) is 2.55. The Morgan fingerprint density at radius 2 is 2.12 bits per heavy atom. The number of nitrogens with zero attached hydrogens (tertiary/aromatic N) is 2. The molecule has 0 radical (unpaired) electrons. The van der Waals surface area contributed by atoms with E-state index in [4.69, 9.17) is 5.11 Å². The summed E-state index contributed by atoms with van der Waals surface area (Å²) in [7, 11) is 0. The van der Waals surface area contributed by atoms with Gasteiger partial charge in [0.1, 0.15) is 5.82 Å². The second-order valence-corrected chi connectivity index (χ2v) is 3.75. The van der Waals surface area contributed by atoms with E-state index >= 15 is 0 Å². The van der Waals surface area contributed by atoms with E-state index in [9.17, 15) is 4.79 Å². The van der Waals surface area contributed by atoms with Crippen molar-refractivity contribution in [3.05, 3.63) is 29.5 Å². The van der Waals surface area contributed by atoms with Crippen LogP contribution in [0.15, 0.2) is 18.3 Å². The lowest BCUT2D eigenvalue weighted by Crippen LogP contribution is -2.23. The van der Waals surface area contributed by atoms with Gasteiger partial charge in [-0.3, -0.25) is 0 Å². The van der Waals surface area contributed by atoms with Gasteiger partial charge in [-0.2, -0.15) is 0 Å². The summed E-state index contributed by atoms with van der Waals surface area (Å²) in [5.41, 5.74) is 1.86. The normalized spacial score (nSPS) is 10.8. The van der Waals surface area contributed by atoms with Gasteiger partial charge in [0.25, 0.3) is 0 Å². The van der Waals surface area contributed by atoms with Gasteiger partial charge in [0.05, 0.1) is 0 Å². The van der Waals surface area contributed by atoms with Crippen molar-refractivity contribution in [3.63, 3.8) is 0 Å². The molecule has 92 valence electrons. The molecule has 1 heterocycles. The fraction of sp³-hybridized carbons (Fsp3) is 0.385. The Morgan fingerprint density at radius 1 is 1.47 bits per heavy atom. The first-order chi connectivity index (χ1) is 8.08. The zero-order valence-corrected chi connectivity index (χ0v) is 10.5. The molecule has 1 rings (SSSR count). The molecule has 0 bridgehead atoms. The SMILES string of the molecule is CCN(CC)c1ncc(/C=C/C(=O)O)cc1C. The Bertz CT molecular complexity index is 423. The number of carboxylic acid groups (broad SMARTS) is 1. The van der Waals surface area contributed by atoms with Crippen LogP contribution in [-0.4, -0.2) is 29.1 Å². The van der Waals surface area contributed by atoms with E-state index in [0.29, 0.717) is 0 Å². The van der Waals surface area contributed by atoms with Crippen molar-refractivity contribution in [1.82, 2.24) is 4.98 Å². The van der Waals surface area contributed by atoms with Crippen molar-refractivity contribution >= 4 is 17.9 Å². The molecule has 1 N–H and O–H groups in total. The number of aliphatic carboxylic acids is 1. The van der Waals surface area contributed by atoms with Gasteiger partial charge in [-0.1, -0.05) is 0 Å². The maximum Gasteiger partial charge on any atom is 0.328 e. The van der Waals surface area contributed by atoms with Crippen LogP contribution in [-0.2, 0) is 4.79 Å². The molecule has 4 nitrogen and oxygen atoms in total. The number of carboxylic acids is 1. The molecule has 0 atom stereocenters. The van der Waals surface area contributed by atoms with Crippen LogP contribution in [0.25, 0.3) is 6.08 Å². The zero-order valence-electron chi connectivity index (χ0n) is 10.5. The predicted molar refractivity (Wildman–Crippen MR) is 69.2 cm³/mol. The molecule has 0 unspecified atom stereocenters. The minimum atomic E-state index is -0.949. The lowest BCUT2D eigenvalue weighted by atomic mass is 10.2. The first-order valence-corrected chi connectivity index (χ1v) is 5.71. The van der Waals surface area contributed by atoms with E-state index < -0.39 is 5.97 Å². The summed E-state index contributed by atoms with van der Waals surface area (Å²) in [5.74, 6) is 0.0120. The first-order valence-electron chi connectivity index (χ1n) is 5.71. The van der Waals surface area contributed by atoms with Crippen molar-refractivity contribution < 1.29 is 9.90 Å². The number of aryl methyl sites for hydroxylation is 1. The topological polar surface area (TPSA) is 53.4 Å². The van der Waals surface area contributed by atoms with E-state index in [-0.39, 0.29) is 0 Å². The van der Waals surface area contributed by atoms with Gasteiger partial charge >= 0.3 is 5.97 Å². The summed E-state index contributed by atoms with van der Waals surface area (Å²) >= 11 is 0. The summed E-state index contributed by atoms with van der Waals surface area (Å²) in [4.78, 5) is 17.0. The van der Waals surface area contributed by atoms with E-state index in [1.807, 2.05) is 13.0 Å². The number of hydrogen-bond acceptors (Lipinski definition) is 3. The van der Waals surface area contributed by atoms with Crippen LogP contribution in [0.2, 0.25) is 0 Å². The van der Waals surface area contributed by atoms with Crippen molar-refractivity contribution in [3.8, 4) is 0 Å². The van der Waals surface area contributed by atoms with Crippen LogP contribution in [0.1, 0.15) is 25.0 Å². The molecule has 0 aliphatic rings. The number of anilines is 1. The summed E-state index contributed by atoms with van der Waals surface area (Å²) in [5, 5.41) is 8.55. The maximum atomic E-state index is 10.4. The van der Waals surface area contributed by atoms with E-state index in [1.165, 1.54) is 0 Å². The maximum absolute atomic E-state index is 10.4. The fourth-order valence-corrected chi connectivity index (χ4v) is 1.70. The molecule has 17 heavy (non-hydrogen) atoms. The van der Waals surface area contributed by atoms with Gasteiger partial charge in [0.2, 0.25) is 0 Å². The number of rotatable bonds is 5. The van der Waals surface area contributed by atoms with Crippen molar-refractivity contribution in [2.24, 2.45) is 0 Å². The summed E-state index contributed by atoms with van der Waals surface area (Å²) in [6, 6.07) is 1.94. The Balaban J connectivity index is 2.97. The highest BCUT2D eigenvalue weighted by atomic mass is 16.4. The monoisotopic (exact) mass is 234 g/mol. The highest BCUT2D eigenvalue weighted by molar-refractivity contribution is 5.85. The van der Waals surface area contributed by atoms with Gasteiger partial charge in [0.15, 0.2) is 0 Å². The zero-order chi connectivity index (χ0) is 12.8. The minimum Gasteiger partial charge on any atom is -0.478 e. The van der Waals surface area contributed by atoms with Crippen LogP contribution in [0.3, 0.4) is 0 Å². The van der Waals surface area contributed by atoms with Crippen LogP contribution < -0.4 is 4.90 Å². The lowest BCUT2D eigenvalue weighted by molar-refractivity contribution is -0.131. The molecule has 0 amide bonds. The largest absolute Gasteiger partial charge is 0.478 e. The van der Waals surface area contributed by atoms with Gasteiger partial charge in [-0.05, 0) is 44.0 Å². The molecule has 0 aliphatic carbocycles. The van der Waals surface area contributed by atoms with Gasteiger partial charge in [-0.25, -0.2) is 9.78 Å². The molecule has 0 saturated heterocycles. The van der Waals surface area contributed by atoms with Crippen LogP contribution >= 0.6 is 0 Å². The highest BCUT2D eigenvalue weighted by Crippen LogP contribution is 2.18. The van der Waals surface area contributed by atoms with E-state index in [0.717, 1.165) is 36.1 Å². The fourth-order valence-electron chi connectivity index (χ4n) is 1.70. The first kappa shape index (κ1) is 13.2. The molecular formula is C13H18N2O2. The Hall–Kier alpha value is -1.84. The number of aromatic nitrogens is 1. The van der Waals surface area contributed by atoms with Crippen molar-refractivity contribution in [1.29, 1.82) is 0 Å². The smallest absolute Gasteiger partial charge is 0.328 e. The third-order valence-electron chi connectivity index (χ3n) is 2.55. The second-order valence-electron chi connectivity index (χ2n) is 3.75. The molecule has 0 aromatic carbocycles. The van der Waals surface area contributed by atoms with Crippen LogP contribution in [0.4, 0.5) is 5.82 Å². The highest BCUT2D eigenvalue weighted by Gasteiger charge is 2.06. The third kappa shape index (κ3) is 3.59. The molecule has 1 aromatic heterocycles. The Kier molecular flexibility index (Phi) is 4.69. The summed E-state index contributed by atoms with van der Waals surface area (Å²) in [6.07, 6.45) is 4.36. The van der Waals surface area contributed by atoms with Gasteiger partial charge in [0, 0.05) is 25.4 Å². The van der Waals surface area contributed by atoms with Crippen LogP contribution in [0.5, 0.6) is 0 Å². The number of hydrogen-bond donors (Lipinski definition) is 1. The minimum absolute atomic E-state index is 0.806. The standard InChI is InChI=1S/C13H18N2O2/c1-4-15(5-2)13-10(3)8-11(9-14-13)6-7-12(16)17/h6-9H,4-5H2,1-3H3,(H,16,17)/b7-6+. The molecule has 0 fully saturated rings. The molecule has 0 spiro atoms. The van der Waals surface area contributed by atoms with E-state index in [1.54, 1.807) is 12.3 Å². The Morgan fingerprint density at radius 3 is 2.59 bits per heavy atom. The van der Waals surface area contributed by atoms with E-state index in [2.05, 4.69) is 23.7 Å². The summed E-state index contributed by atoms with van der Waals surface area (Å²) < 4.78 is 0. The summed E-state index contributed by atoms with van der Waals surface area (Å²) in [6.45, 7) is 7.98. The Labute approximate surface area is 102 Å². The quantitative estimate of drug-likeness (QED) is 0.794. The predicted octanol–water partition coefficient (Wildman–Crippen LogP) is 2.33. The van der Waals surface area contributed by atoms with Crippen molar-refractivity contribution in [2.45, 2.75) is 20.8 Å². The molecule has 0 aliphatic heterocycles. The molecule has 0 saturated carbocycles. The molecular weight excluding hydrogens is 216 g/mol. The lowest BCUT2D eigenvalue weighted by Gasteiger charge is -2.21. The van der Waals surface area contributed by atoms with Gasteiger partial charge in [-0.15, -0.1) is 0 Å². The average Bonchev–Trinajstić information content (AvgIpc) is 2.30. The van der Waals surface area contributed by atoms with Crippen LogP contribution in [0, 0.1) is 6.92 Å². The van der Waals surface area contributed by atoms with Gasteiger partial charge < -0.3 is 10.0 Å². The number of pyridine rings is 1. The average molecular weight is 234 g/mol. The number of carbonyl (C=O) groups is 1. The van der Waals surface area contributed by atoms with Crippen molar-refractivity contribution in [2.75, 3.05) is 18.0 Å².